The molecule has 0 aliphatic rings. The van der Waals surface area contributed by atoms with Crippen molar-refractivity contribution in [3.05, 3.63) is 49.9 Å². The first kappa shape index (κ1) is 16.9. The lowest BCUT2D eigenvalue weighted by Crippen LogP contribution is -1.92. The number of rotatable bonds is 2. The molecule has 0 unspecified atom stereocenters. The van der Waals surface area contributed by atoms with Crippen molar-refractivity contribution in [2.45, 2.75) is 0 Å². The number of halogens is 4. The van der Waals surface area contributed by atoms with Gasteiger partial charge in [-0.05, 0) is 12.1 Å². The third-order valence-corrected chi connectivity index (χ3v) is 3.78. The summed E-state index contributed by atoms with van der Waals surface area (Å²) in [4.78, 5) is 0. The van der Waals surface area contributed by atoms with Crippen LogP contribution >= 0.6 is 46.4 Å². The van der Waals surface area contributed by atoms with Gasteiger partial charge in [-0.2, -0.15) is 0 Å². The van der Waals surface area contributed by atoms with E-state index < -0.39 is 11.5 Å². The van der Waals surface area contributed by atoms with Gasteiger partial charge >= 0.3 is 0 Å². The fourth-order valence-electron chi connectivity index (χ4n) is 1.90. The molecule has 0 spiro atoms. The minimum atomic E-state index is -0.410. The molecule has 2 aromatic carbocycles. The van der Waals surface area contributed by atoms with Gasteiger partial charge in [0.1, 0.15) is 27.5 Å². The molecule has 8 heteroatoms. The summed E-state index contributed by atoms with van der Waals surface area (Å²) >= 11 is 23.3. The zero-order valence-corrected chi connectivity index (χ0v) is 13.6. The molecular weight excluding hydrogens is 374 g/mol. The lowest BCUT2D eigenvalue weighted by molar-refractivity contribution is 0.456. The van der Waals surface area contributed by atoms with Crippen molar-refractivity contribution in [3.63, 3.8) is 0 Å². The second-order valence-electron chi connectivity index (χ2n) is 4.28. The quantitative estimate of drug-likeness (QED) is 0.551. The average Bonchev–Trinajstić information content (AvgIpc) is 2.40. The van der Waals surface area contributed by atoms with Crippen molar-refractivity contribution in [2.75, 3.05) is 0 Å². The Morgan fingerprint density at radius 3 is 1.36 bits per heavy atom. The van der Waals surface area contributed by atoms with E-state index in [1.165, 1.54) is 0 Å². The van der Waals surface area contributed by atoms with Gasteiger partial charge in [0.2, 0.25) is 0 Å². The fourth-order valence-corrected chi connectivity index (χ4v) is 2.73. The molecule has 2 aromatic rings. The van der Waals surface area contributed by atoms with Crippen molar-refractivity contribution < 1.29 is 20.4 Å². The van der Waals surface area contributed by atoms with E-state index in [1.807, 2.05) is 0 Å². The molecule has 0 radical (unpaired) electrons. The van der Waals surface area contributed by atoms with Crippen LogP contribution in [-0.4, -0.2) is 20.4 Å². The van der Waals surface area contributed by atoms with E-state index >= 15 is 0 Å². The largest absolute Gasteiger partial charge is 0.508 e. The molecule has 22 heavy (non-hydrogen) atoms. The Morgan fingerprint density at radius 2 is 1.05 bits per heavy atom. The summed E-state index contributed by atoms with van der Waals surface area (Å²) in [7, 11) is 0. The van der Waals surface area contributed by atoms with Crippen molar-refractivity contribution >= 4 is 52.0 Å². The van der Waals surface area contributed by atoms with Crippen LogP contribution in [-0.2, 0) is 0 Å². The number of hydrogen-bond acceptors (Lipinski definition) is 4. The minimum Gasteiger partial charge on any atom is -0.508 e. The third kappa shape index (κ3) is 3.15. The summed E-state index contributed by atoms with van der Waals surface area (Å²) in [5.74, 6) is -1.33. The van der Waals surface area contributed by atoms with Gasteiger partial charge in [0.15, 0.2) is 0 Å². The van der Waals surface area contributed by atoms with Gasteiger partial charge in [-0.15, -0.1) is 0 Å². The monoisotopic (exact) mass is 380 g/mol. The highest BCUT2D eigenvalue weighted by molar-refractivity contribution is 6.59. The maximum atomic E-state index is 10.1. The molecule has 0 saturated heterocycles. The molecule has 0 aromatic heterocycles. The standard InChI is InChI=1S/C14H8Cl4O4/c15-9-3-5(19)1-7(12(9)21)11(14(17)18)8-2-6(20)4-10(16)13(8)22/h1-4,19-22H. The van der Waals surface area contributed by atoms with Gasteiger partial charge in [0.05, 0.1) is 10.0 Å². The summed E-state index contributed by atoms with van der Waals surface area (Å²) in [6, 6.07) is 4.54. The van der Waals surface area contributed by atoms with E-state index in [1.54, 1.807) is 0 Å². The van der Waals surface area contributed by atoms with Crippen molar-refractivity contribution in [1.82, 2.24) is 0 Å². The Kier molecular flexibility index (Phi) is 4.87. The first-order valence-electron chi connectivity index (χ1n) is 5.71. The molecular formula is C14H8Cl4O4. The van der Waals surface area contributed by atoms with Crippen LogP contribution in [0.2, 0.25) is 10.0 Å². The molecule has 0 heterocycles. The molecule has 4 N–H and O–H groups in total. The van der Waals surface area contributed by atoms with E-state index in [4.69, 9.17) is 46.4 Å². The lowest BCUT2D eigenvalue weighted by Gasteiger charge is -2.14. The lowest BCUT2D eigenvalue weighted by atomic mass is 9.97. The van der Waals surface area contributed by atoms with Gasteiger partial charge in [0, 0.05) is 28.8 Å². The highest BCUT2D eigenvalue weighted by Crippen LogP contribution is 2.46. The van der Waals surface area contributed by atoms with Gasteiger partial charge in [0.25, 0.3) is 0 Å². The zero-order valence-electron chi connectivity index (χ0n) is 10.6. The molecule has 2 rings (SSSR count). The molecule has 4 nitrogen and oxygen atoms in total. The smallest absolute Gasteiger partial charge is 0.142 e. The number of aromatic hydroxyl groups is 4. The van der Waals surface area contributed by atoms with Gasteiger partial charge in [-0.1, -0.05) is 46.4 Å². The predicted molar refractivity (Wildman–Crippen MR) is 87.3 cm³/mol. The molecule has 0 atom stereocenters. The van der Waals surface area contributed by atoms with Gasteiger partial charge in [-0.25, -0.2) is 0 Å². The Labute approximate surface area is 145 Å². The normalized spacial score (nSPS) is 10.5. The van der Waals surface area contributed by atoms with Crippen molar-refractivity contribution in [1.29, 1.82) is 0 Å². The number of phenols is 4. The maximum absolute atomic E-state index is 10.1. The molecule has 0 aliphatic heterocycles. The number of hydrogen-bond donors (Lipinski definition) is 4. The Balaban J connectivity index is 2.83. The van der Waals surface area contributed by atoms with Crippen molar-refractivity contribution in [2.24, 2.45) is 0 Å². The SMILES string of the molecule is Oc1cc(Cl)c(O)c(C(=C(Cl)Cl)c2cc(O)cc(Cl)c2O)c1. The van der Waals surface area contributed by atoms with Gasteiger partial charge in [-0.3, -0.25) is 0 Å². The average molecular weight is 382 g/mol. The second kappa shape index (κ2) is 6.34. The summed E-state index contributed by atoms with van der Waals surface area (Å²) in [6.45, 7) is 0. The molecule has 0 aliphatic carbocycles. The van der Waals surface area contributed by atoms with E-state index in [-0.39, 0.29) is 42.7 Å². The van der Waals surface area contributed by atoms with Crippen LogP contribution in [0.5, 0.6) is 23.0 Å². The summed E-state index contributed by atoms with van der Waals surface area (Å²) < 4.78 is -0.339. The molecule has 116 valence electrons. The molecule has 0 bridgehead atoms. The van der Waals surface area contributed by atoms with E-state index in [9.17, 15) is 20.4 Å². The van der Waals surface area contributed by atoms with Crippen LogP contribution in [0, 0.1) is 0 Å². The second-order valence-corrected chi connectivity index (χ2v) is 6.05. The van der Waals surface area contributed by atoms with Crippen LogP contribution < -0.4 is 0 Å². The summed E-state index contributed by atoms with van der Waals surface area (Å²) in [5, 5.41) is 39.1. The highest BCUT2D eigenvalue weighted by atomic mass is 35.5. The van der Waals surface area contributed by atoms with E-state index in [2.05, 4.69) is 0 Å². The topological polar surface area (TPSA) is 80.9 Å². The van der Waals surface area contributed by atoms with Crippen LogP contribution in [0.15, 0.2) is 28.8 Å². The molecule has 0 fully saturated rings. The Bertz CT molecular complexity index is 723. The van der Waals surface area contributed by atoms with Gasteiger partial charge < -0.3 is 20.4 Å². The summed E-state index contributed by atoms with van der Waals surface area (Å²) in [5.41, 5.74) is -0.141. The first-order valence-corrected chi connectivity index (χ1v) is 7.22. The third-order valence-electron chi connectivity index (χ3n) is 2.82. The zero-order chi connectivity index (χ0) is 16.6. The highest BCUT2D eigenvalue weighted by Gasteiger charge is 2.21. The first-order chi connectivity index (χ1) is 10.2. The van der Waals surface area contributed by atoms with Crippen LogP contribution in [0.4, 0.5) is 0 Å². The van der Waals surface area contributed by atoms with E-state index in [0.29, 0.717) is 0 Å². The Hall–Kier alpha value is -1.46. The van der Waals surface area contributed by atoms with Crippen LogP contribution in [0.3, 0.4) is 0 Å². The Morgan fingerprint density at radius 1 is 0.682 bits per heavy atom. The maximum Gasteiger partial charge on any atom is 0.142 e. The summed E-state index contributed by atoms with van der Waals surface area (Å²) in [6.07, 6.45) is 0. The molecule has 0 saturated carbocycles. The fraction of sp³-hybridized carbons (Fsp3) is 0. The van der Waals surface area contributed by atoms with Crippen molar-refractivity contribution in [3.8, 4) is 23.0 Å². The van der Waals surface area contributed by atoms with Crippen LogP contribution in [0.1, 0.15) is 11.1 Å². The number of benzene rings is 2. The number of phenolic OH excluding ortho intramolecular Hbond substituents is 4. The minimum absolute atomic E-state index is 0.0398. The molecule has 0 amide bonds. The van der Waals surface area contributed by atoms with E-state index in [0.717, 1.165) is 24.3 Å². The predicted octanol–water partition coefficient (Wildman–Crippen LogP) is 5.01. The van der Waals surface area contributed by atoms with Crippen LogP contribution in [0.25, 0.3) is 5.57 Å².